The molecule has 0 saturated heterocycles. The molecule has 28 heavy (non-hydrogen) atoms. The monoisotopic (exact) mass is 402 g/mol. The van der Waals surface area contributed by atoms with Gasteiger partial charge in [0.1, 0.15) is 6.04 Å². The molecule has 1 atom stereocenters. The molecule has 1 heterocycles. The zero-order valence-corrected chi connectivity index (χ0v) is 15.7. The van der Waals surface area contributed by atoms with Gasteiger partial charge in [-0.1, -0.05) is 24.3 Å². The maximum Gasteiger partial charge on any atom is 0.329 e. The van der Waals surface area contributed by atoms with E-state index in [1.807, 2.05) is 12.1 Å². The molecule has 0 spiro atoms. The predicted molar refractivity (Wildman–Crippen MR) is 101 cm³/mol. The van der Waals surface area contributed by atoms with Crippen molar-refractivity contribution in [3.05, 3.63) is 60.3 Å². The second kappa shape index (κ2) is 7.83. The first-order valence-electron chi connectivity index (χ1n) is 8.37. The Morgan fingerprint density at radius 2 is 1.82 bits per heavy atom. The minimum atomic E-state index is -3.98. The number of aromatic nitrogens is 1. The number of H-pyrrole nitrogens is 1. The third-order valence-corrected chi connectivity index (χ3v) is 5.59. The van der Waals surface area contributed by atoms with Crippen LogP contribution >= 0.6 is 0 Å². The molecular weight excluding hydrogens is 384 g/mol. The molecule has 9 heteroatoms. The molecular formula is C19H18N2O6S. The predicted octanol–water partition coefficient (Wildman–Crippen LogP) is 2.07. The number of carboxylic acid groups (broad SMARTS) is 1. The minimum absolute atomic E-state index is 0.0756. The van der Waals surface area contributed by atoms with Crippen LogP contribution in [0.2, 0.25) is 0 Å². The molecule has 0 saturated carbocycles. The number of aromatic amines is 1. The largest absolute Gasteiger partial charge is 0.481 e. The highest BCUT2D eigenvalue weighted by molar-refractivity contribution is 7.89. The number of sulfonamides is 1. The van der Waals surface area contributed by atoms with Gasteiger partial charge in [-0.2, -0.15) is 4.72 Å². The highest BCUT2D eigenvalue weighted by atomic mass is 32.2. The van der Waals surface area contributed by atoms with Crippen molar-refractivity contribution in [1.29, 1.82) is 0 Å². The SMILES string of the molecule is C[C@H](NS(=O)(=O)c1ccc(CC(=O)O)cc1)C(=O)Oc1c[nH]c2ccccc12. The van der Waals surface area contributed by atoms with E-state index in [9.17, 15) is 18.0 Å². The highest BCUT2D eigenvalue weighted by Crippen LogP contribution is 2.25. The molecule has 1 aromatic heterocycles. The van der Waals surface area contributed by atoms with Crippen LogP contribution in [0, 0.1) is 0 Å². The first-order valence-corrected chi connectivity index (χ1v) is 9.85. The van der Waals surface area contributed by atoms with Gasteiger partial charge in [0.05, 0.1) is 11.3 Å². The standard InChI is InChI=1S/C19H18N2O6S/c1-12(19(24)27-17-11-20-16-5-3-2-4-15(16)17)21-28(25,26)14-8-6-13(7-9-14)10-18(22)23/h2-9,11-12,20-21H,10H2,1H3,(H,22,23)/t12-/m0/s1. The number of rotatable bonds is 7. The van der Waals surface area contributed by atoms with Gasteiger partial charge in [0.15, 0.2) is 5.75 Å². The summed E-state index contributed by atoms with van der Waals surface area (Å²) in [6.07, 6.45) is 1.33. The van der Waals surface area contributed by atoms with Crippen molar-refractivity contribution >= 4 is 32.9 Å². The Hall–Kier alpha value is -3.17. The lowest BCUT2D eigenvalue weighted by molar-refractivity contribution is -0.136. The minimum Gasteiger partial charge on any atom is -0.481 e. The van der Waals surface area contributed by atoms with E-state index in [2.05, 4.69) is 9.71 Å². The third-order valence-electron chi connectivity index (χ3n) is 4.04. The number of carbonyl (C=O) groups is 2. The average Bonchev–Trinajstić information content (AvgIpc) is 3.04. The van der Waals surface area contributed by atoms with Crippen molar-refractivity contribution in [2.75, 3.05) is 0 Å². The molecule has 2 aromatic carbocycles. The Balaban J connectivity index is 1.69. The van der Waals surface area contributed by atoms with E-state index in [0.717, 1.165) is 5.52 Å². The summed E-state index contributed by atoms with van der Waals surface area (Å²) in [7, 11) is -3.98. The zero-order chi connectivity index (χ0) is 20.3. The fraction of sp³-hybridized carbons (Fsp3) is 0.158. The number of benzene rings is 2. The maximum atomic E-state index is 12.5. The third kappa shape index (κ3) is 4.38. The molecule has 0 aliphatic heterocycles. The summed E-state index contributed by atoms with van der Waals surface area (Å²) in [4.78, 5) is 25.9. The number of hydrogen-bond acceptors (Lipinski definition) is 5. The summed E-state index contributed by atoms with van der Waals surface area (Å²) in [6, 6.07) is 11.5. The van der Waals surface area contributed by atoms with E-state index in [-0.39, 0.29) is 11.3 Å². The fourth-order valence-corrected chi connectivity index (χ4v) is 3.83. The Morgan fingerprint density at radius 1 is 1.14 bits per heavy atom. The Morgan fingerprint density at radius 3 is 2.50 bits per heavy atom. The molecule has 3 aromatic rings. The number of hydrogen-bond donors (Lipinski definition) is 3. The first-order chi connectivity index (χ1) is 13.3. The summed E-state index contributed by atoms with van der Waals surface area (Å²) >= 11 is 0. The molecule has 8 nitrogen and oxygen atoms in total. The van der Waals surface area contributed by atoms with E-state index in [1.165, 1.54) is 37.4 Å². The van der Waals surface area contributed by atoms with Gasteiger partial charge in [0, 0.05) is 17.1 Å². The topological polar surface area (TPSA) is 126 Å². The van der Waals surface area contributed by atoms with Crippen molar-refractivity contribution in [2.45, 2.75) is 24.3 Å². The maximum absolute atomic E-state index is 12.5. The number of aliphatic carboxylic acids is 1. The van der Waals surface area contributed by atoms with E-state index < -0.39 is 28.0 Å². The number of esters is 1. The van der Waals surface area contributed by atoms with Gasteiger partial charge in [-0.15, -0.1) is 0 Å². The fourth-order valence-electron chi connectivity index (χ4n) is 2.64. The van der Waals surface area contributed by atoms with Gasteiger partial charge in [-0.05, 0) is 36.8 Å². The van der Waals surface area contributed by atoms with Crippen molar-refractivity contribution in [1.82, 2.24) is 9.71 Å². The molecule has 0 fully saturated rings. The van der Waals surface area contributed by atoms with Gasteiger partial charge in [0.25, 0.3) is 0 Å². The Kier molecular flexibility index (Phi) is 5.48. The zero-order valence-electron chi connectivity index (χ0n) is 14.9. The van der Waals surface area contributed by atoms with Crippen LogP contribution in [0.3, 0.4) is 0 Å². The van der Waals surface area contributed by atoms with Gasteiger partial charge in [0.2, 0.25) is 10.0 Å². The van der Waals surface area contributed by atoms with Crippen LogP contribution < -0.4 is 9.46 Å². The molecule has 0 bridgehead atoms. The number of carboxylic acids is 1. The van der Waals surface area contributed by atoms with E-state index in [0.29, 0.717) is 16.7 Å². The lowest BCUT2D eigenvalue weighted by Crippen LogP contribution is -2.40. The summed E-state index contributed by atoms with van der Waals surface area (Å²) in [5, 5.41) is 9.47. The lowest BCUT2D eigenvalue weighted by atomic mass is 10.2. The van der Waals surface area contributed by atoms with Crippen molar-refractivity contribution in [3.63, 3.8) is 0 Å². The van der Waals surface area contributed by atoms with E-state index in [4.69, 9.17) is 9.84 Å². The smallest absolute Gasteiger partial charge is 0.329 e. The van der Waals surface area contributed by atoms with E-state index in [1.54, 1.807) is 12.1 Å². The second-order valence-corrected chi connectivity index (χ2v) is 7.89. The Labute approximate surface area is 161 Å². The van der Waals surface area contributed by atoms with Crippen molar-refractivity contribution in [3.8, 4) is 5.75 Å². The summed E-state index contributed by atoms with van der Waals surface area (Å²) in [5.74, 6) is -1.46. The molecule has 0 radical (unpaired) electrons. The van der Waals surface area contributed by atoms with Crippen molar-refractivity contribution < 1.29 is 27.9 Å². The number of para-hydroxylation sites is 1. The second-order valence-electron chi connectivity index (χ2n) is 6.18. The van der Waals surface area contributed by atoms with Gasteiger partial charge in [-0.25, -0.2) is 13.2 Å². The van der Waals surface area contributed by atoms with Crippen LogP contribution in [0.4, 0.5) is 0 Å². The van der Waals surface area contributed by atoms with E-state index >= 15 is 0 Å². The van der Waals surface area contributed by atoms with Gasteiger partial charge < -0.3 is 14.8 Å². The quantitative estimate of drug-likeness (QED) is 0.520. The number of ether oxygens (including phenoxy) is 1. The van der Waals surface area contributed by atoms with Crippen LogP contribution in [0.15, 0.2) is 59.6 Å². The normalized spacial score (nSPS) is 12.6. The summed E-state index contributed by atoms with van der Waals surface area (Å²) < 4.78 is 32.5. The summed E-state index contributed by atoms with van der Waals surface area (Å²) in [5.41, 5.74) is 1.26. The first kappa shape index (κ1) is 19.6. The molecule has 0 unspecified atom stereocenters. The number of nitrogens with one attached hydrogen (secondary N) is 2. The molecule has 0 amide bonds. The molecule has 0 aliphatic rings. The average molecular weight is 402 g/mol. The lowest BCUT2D eigenvalue weighted by Gasteiger charge is -2.13. The Bertz CT molecular complexity index is 1120. The van der Waals surface area contributed by atoms with Crippen LogP contribution in [-0.4, -0.2) is 36.5 Å². The van der Waals surface area contributed by atoms with Crippen molar-refractivity contribution in [2.24, 2.45) is 0 Å². The van der Waals surface area contributed by atoms with Crippen LogP contribution in [0.1, 0.15) is 12.5 Å². The molecule has 0 aliphatic carbocycles. The van der Waals surface area contributed by atoms with Crippen LogP contribution in [0.5, 0.6) is 5.75 Å². The number of carbonyl (C=O) groups excluding carboxylic acids is 1. The number of fused-ring (bicyclic) bond motifs is 1. The summed E-state index contributed by atoms with van der Waals surface area (Å²) in [6.45, 7) is 1.38. The molecule has 146 valence electrons. The molecule has 3 N–H and O–H groups in total. The van der Waals surface area contributed by atoms with Crippen LogP contribution in [0.25, 0.3) is 10.9 Å². The highest BCUT2D eigenvalue weighted by Gasteiger charge is 2.24. The molecule has 3 rings (SSSR count). The van der Waals surface area contributed by atoms with Crippen LogP contribution in [-0.2, 0) is 26.0 Å². The van der Waals surface area contributed by atoms with Gasteiger partial charge >= 0.3 is 11.9 Å². The van der Waals surface area contributed by atoms with Gasteiger partial charge in [-0.3, -0.25) is 4.79 Å².